The highest BCUT2D eigenvalue weighted by molar-refractivity contribution is 6.30. The Morgan fingerprint density at radius 3 is 2.61 bits per heavy atom. The summed E-state index contributed by atoms with van der Waals surface area (Å²) in [5, 5.41) is 11.3. The molecule has 0 aromatic heterocycles. The van der Waals surface area contributed by atoms with E-state index in [0.717, 1.165) is 49.9 Å². The number of para-hydroxylation sites is 1. The number of hydrogen-bond donors (Lipinski definition) is 2. The molecule has 1 fully saturated rings. The maximum atomic E-state index is 10.5. The smallest absolute Gasteiger partial charge is 0.137 e. The highest BCUT2D eigenvalue weighted by Gasteiger charge is 2.23. The molecule has 0 unspecified atom stereocenters. The van der Waals surface area contributed by atoms with Crippen LogP contribution in [0.2, 0.25) is 5.02 Å². The van der Waals surface area contributed by atoms with Gasteiger partial charge in [0, 0.05) is 10.7 Å². The Bertz CT molecular complexity index is 747. The number of halogens is 1. The number of anilines is 1. The second kappa shape index (κ2) is 10.1. The lowest BCUT2D eigenvalue weighted by molar-refractivity contribution is -0.903. The van der Waals surface area contributed by atoms with Gasteiger partial charge in [0.05, 0.1) is 26.2 Å². The third kappa shape index (κ3) is 5.63. The Kier molecular flexibility index (Phi) is 7.60. The molecule has 0 aliphatic carbocycles. The van der Waals surface area contributed by atoms with E-state index in [9.17, 15) is 5.11 Å². The number of hydrogen-bond acceptors (Lipinski definition) is 3. The maximum Gasteiger partial charge on any atom is 0.137 e. The van der Waals surface area contributed by atoms with Crippen LogP contribution in [0.5, 0.6) is 5.75 Å². The van der Waals surface area contributed by atoms with Crippen molar-refractivity contribution in [3.8, 4) is 5.75 Å². The number of quaternary nitrogens is 1. The van der Waals surface area contributed by atoms with Crippen molar-refractivity contribution in [2.45, 2.75) is 32.3 Å². The zero-order valence-electron chi connectivity index (χ0n) is 16.9. The molecule has 1 heterocycles. The van der Waals surface area contributed by atoms with Crippen LogP contribution in [0.3, 0.4) is 0 Å². The number of piperazine rings is 1. The number of nitrogens with one attached hydrogen (secondary N) is 1. The van der Waals surface area contributed by atoms with Gasteiger partial charge in [-0.25, -0.2) is 0 Å². The van der Waals surface area contributed by atoms with Gasteiger partial charge in [-0.05, 0) is 42.2 Å². The zero-order chi connectivity index (χ0) is 19.9. The molecule has 5 heteroatoms. The Hall–Kier alpha value is -1.75. The minimum atomic E-state index is -0.460. The van der Waals surface area contributed by atoms with Crippen molar-refractivity contribution in [2.75, 3.05) is 44.2 Å². The number of benzene rings is 2. The summed E-state index contributed by atoms with van der Waals surface area (Å²) in [5.41, 5.74) is 2.40. The van der Waals surface area contributed by atoms with Gasteiger partial charge in [0.15, 0.2) is 0 Å². The SMILES string of the molecule is CC[C@@H](C)c1ccccc1OC[C@@H](O)C[NH+]1CCN(c2cccc(Cl)c2)CC1. The van der Waals surface area contributed by atoms with Crippen LogP contribution < -0.4 is 14.5 Å². The van der Waals surface area contributed by atoms with E-state index in [1.54, 1.807) is 0 Å². The lowest BCUT2D eigenvalue weighted by Gasteiger charge is -2.34. The van der Waals surface area contributed by atoms with Gasteiger partial charge < -0.3 is 19.6 Å². The number of aliphatic hydroxyl groups excluding tert-OH is 1. The third-order valence-electron chi connectivity index (χ3n) is 5.66. The van der Waals surface area contributed by atoms with Crippen molar-refractivity contribution in [3.63, 3.8) is 0 Å². The first-order valence-corrected chi connectivity index (χ1v) is 10.7. The van der Waals surface area contributed by atoms with Crippen molar-refractivity contribution in [1.29, 1.82) is 0 Å². The van der Waals surface area contributed by atoms with E-state index < -0.39 is 6.10 Å². The summed E-state index contributed by atoms with van der Waals surface area (Å²) in [6.07, 6.45) is 0.613. The van der Waals surface area contributed by atoms with Gasteiger partial charge in [0.1, 0.15) is 25.0 Å². The fourth-order valence-electron chi connectivity index (χ4n) is 3.78. The summed E-state index contributed by atoms with van der Waals surface area (Å²) in [7, 11) is 0. The second-order valence-corrected chi connectivity index (χ2v) is 8.17. The summed E-state index contributed by atoms with van der Waals surface area (Å²) in [6, 6.07) is 16.2. The van der Waals surface area contributed by atoms with E-state index >= 15 is 0 Å². The first kappa shape index (κ1) is 21.0. The normalized spacial score (nSPS) is 17.4. The highest BCUT2D eigenvalue weighted by Crippen LogP contribution is 2.28. The monoisotopic (exact) mass is 403 g/mol. The summed E-state index contributed by atoms with van der Waals surface area (Å²) in [5.74, 6) is 1.36. The van der Waals surface area contributed by atoms with E-state index in [1.165, 1.54) is 16.2 Å². The molecule has 4 nitrogen and oxygen atoms in total. The molecule has 3 rings (SSSR count). The first-order chi connectivity index (χ1) is 13.6. The zero-order valence-corrected chi connectivity index (χ0v) is 17.7. The van der Waals surface area contributed by atoms with Crippen molar-refractivity contribution >= 4 is 17.3 Å². The third-order valence-corrected chi connectivity index (χ3v) is 5.90. The van der Waals surface area contributed by atoms with Crippen LogP contribution in [0.4, 0.5) is 5.69 Å². The predicted molar refractivity (Wildman–Crippen MR) is 116 cm³/mol. The van der Waals surface area contributed by atoms with Crippen LogP contribution in [0.25, 0.3) is 0 Å². The van der Waals surface area contributed by atoms with E-state index in [-0.39, 0.29) is 0 Å². The quantitative estimate of drug-likeness (QED) is 0.711. The molecule has 0 spiro atoms. The average molecular weight is 404 g/mol. The topological polar surface area (TPSA) is 37.1 Å². The molecule has 2 aromatic carbocycles. The molecular formula is C23H32ClN2O2+. The van der Waals surface area contributed by atoms with Gasteiger partial charge in [0.25, 0.3) is 0 Å². The summed E-state index contributed by atoms with van der Waals surface area (Å²) >= 11 is 6.11. The van der Waals surface area contributed by atoms with Crippen LogP contribution in [-0.4, -0.2) is 50.5 Å². The minimum Gasteiger partial charge on any atom is -0.490 e. The van der Waals surface area contributed by atoms with Gasteiger partial charge in [-0.3, -0.25) is 0 Å². The van der Waals surface area contributed by atoms with Gasteiger partial charge in [-0.15, -0.1) is 0 Å². The summed E-state index contributed by atoms with van der Waals surface area (Å²) in [6.45, 7) is 9.41. The molecule has 1 aliphatic rings. The van der Waals surface area contributed by atoms with E-state index in [1.807, 2.05) is 36.4 Å². The molecular weight excluding hydrogens is 372 g/mol. The number of nitrogens with zero attached hydrogens (tertiary/aromatic N) is 1. The van der Waals surface area contributed by atoms with Crippen molar-refractivity contribution in [1.82, 2.24) is 0 Å². The van der Waals surface area contributed by atoms with Gasteiger partial charge >= 0.3 is 0 Å². The van der Waals surface area contributed by atoms with Gasteiger partial charge in [-0.2, -0.15) is 0 Å². The van der Waals surface area contributed by atoms with Crippen LogP contribution in [0.15, 0.2) is 48.5 Å². The fourth-order valence-corrected chi connectivity index (χ4v) is 3.96. The lowest BCUT2D eigenvalue weighted by Crippen LogP contribution is -3.16. The van der Waals surface area contributed by atoms with Crippen molar-refractivity contribution in [2.24, 2.45) is 0 Å². The molecule has 2 N–H and O–H groups in total. The molecule has 0 saturated carbocycles. The van der Waals surface area contributed by atoms with Crippen LogP contribution in [0, 0.1) is 0 Å². The molecule has 152 valence electrons. The van der Waals surface area contributed by atoms with Crippen LogP contribution >= 0.6 is 11.6 Å². The first-order valence-electron chi connectivity index (χ1n) is 10.3. The highest BCUT2D eigenvalue weighted by atomic mass is 35.5. The molecule has 1 aliphatic heterocycles. The molecule has 0 bridgehead atoms. The summed E-state index contributed by atoms with van der Waals surface area (Å²) in [4.78, 5) is 3.78. The number of rotatable bonds is 8. The minimum absolute atomic E-state index is 0.342. The van der Waals surface area contributed by atoms with Crippen LogP contribution in [-0.2, 0) is 0 Å². The van der Waals surface area contributed by atoms with Crippen molar-refractivity contribution < 1.29 is 14.7 Å². The standard InChI is InChI=1S/C23H31ClN2O2/c1-3-18(2)22-9-4-5-10-23(22)28-17-21(27)16-25-11-13-26(14-12-25)20-8-6-7-19(24)15-20/h4-10,15,18,21,27H,3,11-14,16-17H2,1-2H3/p+1/t18-,21+/m1/s1. The summed E-state index contributed by atoms with van der Waals surface area (Å²) < 4.78 is 5.98. The molecule has 1 saturated heterocycles. The largest absolute Gasteiger partial charge is 0.490 e. The fraction of sp³-hybridized carbons (Fsp3) is 0.478. The molecule has 2 atom stereocenters. The van der Waals surface area contributed by atoms with E-state index in [4.69, 9.17) is 16.3 Å². The predicted octanol–water partition coefficient (Wildman–Crippen LogP) is 3.00. The lowest BCUT2D eigenvalue weighted by atomic mass is 9.98. The molecule has 28 heavy (non-hydrogen) atoms. The Morgan fingerprint density at radius 2 is 1.89 bits per heavy atom. The average Bonchev–Trinajstić information content (AvgIpc) is 2.72. The van der Waals surface area contributed by atoms with Crippen molar-refractivity contribution in [3.05, 3.63) is 59.1 Å². The number of aliphatic hydroxyl groups is 1. The second-order valence-electron chi connectivity index (χ2n) is 7.73. The van der Waals surface area contributed by atoms with E-state index in [2.05, 4.69) is 30.9 Å². The Balaban J connectivity index is 1.46. The van der Waals surface area contributed by atoms with Gasteiger partial charge in [-0.1, -0.05) is 49.7 Å². The molecule has 0 radical (unpaired) electrons. The Labute approximate surface area is 173 Å². The van der Waals surface area contributed by atoms with E-state index in [0.29, 0.717) is 12.5 Å². The van der Waals surface area contributed by atoms with Gasteiger partial charge in [0.2, 0.25) is 0 Å². The number of ether oxygens (including phenoxy) is 1. The Morgan fingerprint density at radius 1 is 1.14 bits per heavy atom. The van der Waals surface area contributed by atoms with Crippen LogP contribution in [0.1, 0.15) is 31.7 Å². The molecule has 2 aromatic rings. The maximum absolute atomic E-state index is 10.5. The molecule has 0 amide bonds.